The molecule has 1 rings (SSSR count). The van der Waals surface area contributed by atoms with Crippen LogP contribution in [0.15, 0.2) is 12.1 Å². The van der Waals surface area contributed by atoms with E-state index in [2.05, 4.69) is 0 Å². The van der Waals surface area contributed by atoms with E-state index in [0.717, 1.165) is 22.6 Å². The lowest BCUT2D eigenvalue weighted by atomic mass is 9.92. The van der Waals surface area contributed by atoms with E-state index in [1.807, 2.05) is 0 Å². The molecular formula is C10H5F9IN. The Morgan fingerprint density at radius 2 is 1.33 bits per heavy atom. The van der Waals surface area contributed by atoms with E-state index in [9.17, 15) is 39.5 Å². The lowest BCUT2D eigenvalue weighted by Crippen LogP contribution is -2.50. The van der Waals surface area contributed by atoms with Crippen LogP contribution in [0, 0.1) is 3.57 Å². The van der Waals surface area contributed by atoms with Gasteiger partial charge >= 0.3 is 18.0 Å². The zero-order valence-electron chi connectivity index (χ0n) is 9.59. The third-order valence-corrected chi connectivity index (χ3v) is 3.47. The molecular weight excluding hydrogens is 432 g/mol. The van der Waals surface area contributed by atoms with Crippen LogP contribution in [-0.4, -0.2) is 12.4 Å². The third kappa shape index (κ3) is 3.01. The first-order chi connectivity index (χ1) is 9.23. The van der Waals surface area contributed by atoms with E-state index in [0.29, 0.717) is 0 Å². The van der Waals surface area contributed by atoms with Crippen molar-refractivity contribution in [3.8, 4) is 0 Å². The highest BCUT2D eigenvalue weighted by Crippen LogP contribution is 2.54. The van der Waals surface area contributed by atoms with Gasteiger partial charge in [0, 0.05) is 14.7 Å². The maximum Gasteiger partial charge on any atom is 0.435 e. The fourth-order valence-electron chi connectivity index (χ4n) is 1.51. The summed E-state index contributed by atoms with van der Waals surface area (Å²) in [7, 11) is 0. The van der Waals surface area contributed by atoms with Crippen molar-refractivity contribution >= 4 is 28.3 Å². The molecule has 0 saturated carbocycles. The number of nitrogens with two attached hydrogens (primary N) is 1. The van der Waals surface area contributed by atoms with Crippen LogP contribution in [0.4, 0.5) is 45.2 Å². The summed E-state index contributed by atoms with van der Waals surface area (Å²) in [6.07, 6.45) is -16.2. The molecule has 120 valence electrons. The summed E-state index contributed by atoms with van der Waals surface area (Å²) in [6.45, 7) is 0. The van der Waals surface area contributed by atoms with E-state index in [4.69, 9.17) is 5.73 Å². The van der Waals surface area contributed by atoms with E-state index in [1.165, 1.54) is 0 Å². The van der Waals surface area contributed by atoms with E-state index in [-0.39, 0.29) is 12.1 Å². The largest absolute Gasteiger partial charge is 0.435 e. The van der Waals surface area contributed by atoms with Gasteiger partial charge in [0.2, 0.25) is 0 Å². The first-order valence-corrected chi connectivity index (χ1v) is 6.01. The van der Waals surface area contributed by atoms with Gasteiger partial charge in [-0.25, -0.2) is 13.2 Å². The Hall–Kier alpha value is -0.880. The van der Waals surface area contributed by atoms with E-state index < -0.39 is 44.8 Å². The van der Waals surface area contributed by atoms with Crippen molar-refractivity contribution in [3.63, 3.8) is 0 Å². The van der Waals surface area contributed by atoms with Crippen molar-refractivity contribution in [1.82, 2.24) is 0 Å². The summed E-state index contributed by atoms with van der Waals surface area (Å²) in [6, 6.07) is -0.0775. The average molecular weight is 437 g/mol. The SMILES string of the molecule is Nc1c(I)cc(C(F)(C(F)(F)F)C(F)(F)F)cc1C(F)F. The standard InChI is InChI=1S/C10H5F9IN/c11-7(12)4-1-3(2-5(20)6(4)21)8(13,9(14,15)16)10(17,18)19/h1-2,7H,21H2. The van der Waals surface area contributed by atoms with Crippen LogP contribution in [0.1, 0.15) is 17.6 Å². The second kappa shape index (κ2) is 5.39. The van der Waals surface area contributed by atoms with Crippen LogP contribution in [0.5, 0.6) is 0 Å². The average Bonchev–Trinajstić information content (AvgIpc) is 2.27. The van der Waals surface area contributed by atoms with Gasteiger partial charge in [-0.15, -0.1) is 0 Å². The Balaban J connectivity index is 3.70. The smallest absolute Gasteiger partial charge is 0.397 e. The Labute approximate surface area is 125 Å². The summed E-state index contributed by atoms with van der Waals surface area (Å²) in [5, 5.41) is 0. The molecule has 1 aromatic rings. The normalized spacial score (nSPS) is 13.9. The van der Waals surface area contributed by atoms with Gasteiger partial charge in [-0.1, -0.05) is 0 Å². The molecule has 0 fully saturated rings. The second-order valence-corrected chi connectivity index (χ2v) is 5.08. The summed E-state index contributed by atoms with van der Waals surface area (Å²) in [4.78, 5) is 0. The van der Waals surface area contributed by atoms with Gasteiger partial charge in [0.05, 0.1) is 5.69 Å². The highest BCUT2D eigenvalue weighted by Gasteiger charge is 2.73. The van der Waals surface area contributed by atoms with Gasteiger partial charge in [-0.2, -0.15) is 26.3 Å². The van der Waals surface area contributed by atoms with Crippen LogP contribution in [0.3, 0.4) is 0 Å². The van der Waals surface area contributed by atoms with Crippen LogP contribution in [0.25, 0.3) is 0 Å². The number of benzene rings is 1. The topological polar surface area (TPSA) is 26.0 Å². The molecule has 0 amide bonds. The Morgan fingerprint density at radius 1 is 0.905 bits per heavy atom. The van der Waals surface area contributed by atoms with Crippen LogP contribution in [0.2, 0.25) is 0 Å². The molecule has 0 atom stereocenters. The summed E-state index contributed by atoms with van der Waals surface area (Å²) in [5.74, 6) is 0. The zero-order valence-corrected chi connectivity index (χ0v) is 11.7. The fraction of sp³-hybridized carbons (Fsp3) is 0.400. The van der Waals surface area contributed by atoms with E-state index >= 15 is 0 Å². The van der Waals surface area contributed by atoms with Gasteiger partial charge < -0.3 is 5.73 Å². The molecule has 0 saturated heterocycles. The predicted molar refractivity (Wildman–Crippen MR) is 63.4 cm³/mol. The Morgan fingerprint density at radius 3 is 1.67 bits per heavy atom. The number of alkyl halides is 9. The Bertz CT molecular complexity index is 521. The predicted octanol–water partition coefficient (Wildman–Crippen LogP) is 5.10. The van der Waals surface area contributed by atoms with Gasteiger partial charge in [0.1, 0.15) is 0 Å². The maximum atomic E-state index is 13.8. The molecule has 0 bridgehead atoms. The minimum absolute atomic E-state index is 0.142. The number of halogens is 10. The first-order valence-electron chi connectivity index (χ1n) is 4.93. The van der Waals surface area contributed by atoms with Crippen molar-refractivity contribution < 1.29 is 39.5 Å². The first kappa shape index (κ1) is 18.2. The van der Waals surface area contributed by atoms with Gasteiger partial charge in [0.15, 0.2) is 0 Å². The number of hydrogen-bond acceptors (Lipinski definition) is 1. The molecule has 0 radical (unpaired) electrons. The third-order valence-electron chi connectivity index (χ3n) is 2.58. The van der Waals surface area contributed by atoms with Crippen molar-refractivity contribution in [1.29, 1.82) is 0 Å². The molecule has 11 heteroatoms. The van der Waals surface area contributed by atoms with Crippen LogP contribution in [-0.2, 0) is 5.67 Å². The highest BCUT2D eigenvalue weighted by atomic mass is 127. The molecule has 0 aliphatic rings. The molecule has 0 aliphatic heterocycles. The van der Waals surface area contributed by atoms with E-state index in [1.54, 1.807) is 0 Å². The molecule has 0 spiro atoms. The molecule has 2 N–H and O–H groups in total. The van der Waals surface area contributed by atoms with Crippen molar-refractivity contribution in [2.24, 2.45) is 0 Å². The monoisotopic (exact) mass is 437 g/mol. The number of anilines is 1. The van der Waals surface area contributed by atoms with Gasteiger partial charge in [-0.05, 0) is 34.7 Å². The summed E-state index contributed by atoms with van der Waals surface area (Å²) in [5.41, 5.74) is -4.62. The molecule has 0 heterocycles. The second-order valence-electron chi connectivity index (χ2n) is 3.92. The molecule has 0 aromatic heterocycles. The fourth-order valence-corrected chi connectivity index (χ4v) is 2.15. The maximum absolute atomic E-state index is 13.8. The minimum atomic E-state index is -6.37. The summed E-state index contributed by atoms with van der Waals surface area (Å²) >= 11 is 1.15. The lowest BCUT2D eigenvalue weighted by molar-refractivity contribution is -0.348. The zero-order chi connectivity index (χ0) is 16.8. The molecule has 0 unspecified atom stereocenters. The number of nitrogen functional groups attached to an aromatic ring is 1. The highest BCUT2D eigenvalue weighted by molar-refractivity contribution is 14.1. The van der Waals surface area contributed by atoms with Crippen molar-refractivity contribution in [3.05, 3.63) is 26.8 Å². The van der Waals surface area contributed by atoms with Gasteiger partial charge in [0.25, 0.3) is 6.43 Å². The minimum Gasteiger partial charge on any atom is -0.397 e. The van der Waals surface area contributed by atoms with Crippen LogP contribution < -0.4 is 5.73 Å². The number of rotatable bonds is 2. The molecule has 21 heavy (non-hydrogen) atoms. The summed E-state index contributed by atoms with van der Waals surface area (Å²) < 4.78 is 114. The molecule has 1 aromatic carbocycles. The lowest BCUT2D eigenvalue weighted by Gasteiger charge is -2.31. The number of hydrogen-bond donors (Lipinski definition) is 1. The van der Waals surface area contributed by atoms with Gasteiger partial charge in [-0.3, -0.25) is 0 Å². The van der Waals surface area contributed by atoms with Crippen molar-refractivity contribution in [2.75, 3.05) is 5.73 Å². The Kier molecular flexibility index (Phi) is 4.67. The molecule has 0 aliphatic carbocycles. The quantitative estimate of drug-likeness (QED) is 0.389. The molecule has 1 nitrogen and oxygen atoms in total. The van der Waals surface area contributed by atoms with Crippen molar-refractivity contribution in [2.45, 2.75) is 24.4 Å². The van der Waals surface area contributed by atoms with Crippen LogP contribution >= 0.6 is 22.6 Å².